The highest BCUT2D eigenvalue weighted by atomic mass is 16.5. The summed E-state index contributed by atoms with van der Waals surface area (Å²) in [6, 6.07) is 7.91. The molecule has 1 aromatic carbocycles. The van der Waals surface area contributed by atoms with Crippen LogP contribution in [0.25, 0.3) is 0 Å². The molecule has 1 aromatic rings. The standard InChI is InChI=1S/C17H26N2O2/c1-3-15(14-8-4-5-9-16(14)21-2)19-17(20)11-13-7-6-10-18-12-13/h4-5,8-9,13,15,18H,3,6-7,10-12H2,1-2H3,(H,19,20). The summed E-state index contributed by atoms with van der Waals surface area (Å²) < 4.78 is 5.40. The number of ether oxygens (including phenoxy) is 1. The first kappa shape index (κ1) is 15.8. The van der Waals surface area contributed by atoms with E-state index in [1.807, 2.05) is 24.3 Å². The minimum atomic E-state index is 0.0187. The molecule has 2 unspecified atom stereocenters. The Balaban J connectivity index is 1.96. The number of benzene rings is 1. The second kappa shape index (κ2) is 8.03. The van der Waals surface area contributed by atoms with Gasteiger partial charge in [-0.15, -0.1) is 0 Å². The quantitative estimate of drug-likeness (QED) is 0.847. The summed E-state index contributed by atoms with van der Waals surface area (Å²) in [5, 5.41) is 6.52. The highest BCUT2D eigenvalue weighted by Gasteiger charge is 2.20. The molecule has 1 saturated heterocycles. The fourth-order valence-electron chi connectivity index (χ4n) is 2.97. The molecule has 0 aliphatic carbocycles. The van der Waals surface area contributed by atoms with Gasteiger partial charge in [-0.05, 0) is 44.3 Å². The molecule has 1 fully saturated rings. The first-order chi connectivity index (χ1) is 10.2. The van der Waals surface area contributed by atoms with Crippen molar-refractivity contribution >= 4 is 5.91 Å². The molecule has 0 radical (unpaired) electrons. The van der Waals surface area contributed by atoms with Crippen molar-refractivity contribution in [3.63, 3.8) is 0 Å². The van der Waals surface area contributed by atoms with Crippen molar-refractivity contribution in [3.05, 3.63) is 29.8 Å². The molecule has 1 aliphatic rings. The summed E-state index contributed by atoms with van der Waals surface area (Å²) in [5.74, 6) is 1.44. The third kappa shape index (κ3) is 4.46. The molecular formula is C17H26N2O2. The van der Waals surface area contributed by atoms with Gasteiger partial charge in [0.15, 0.2) is 0 Å². The zero-order valence-electron chi connectivity index (χ0n) is 13.0. The zero-order chi connectivity index (χ0) is 15.1. The number of nitrogens with one attached hydrogen (secondary N) is 2. The Morgan fingerprint density at radius 3 is 2.95 bits per heavy atom. The van der Waals surface area contributed by atoms with Gasteiger partial charge in [0.05, 0.1) is 13.2 Å². The van der Waals surface area contributed by atoms with Gasteiger partial charge >= 0.3 is 0 Å². The molecular weight excluding hydrogens is 264 g/mol. The summed E-state index contributed by atoms with van der Waals surface area (Å²) in [6.07, 6.45) is 3.78. The highest BCUT2D eigenvalue weighted by Crippen LogP contribution is 2.27. The van der Waals surface area contributed by atoms with Crippen molar-refractivity contribution in [1.82, 2.24) is 10.6 Å². The van der Waals surface area contributed by atoms with Crippen molar-refractivity contribution in [2.75, 3.05) is 20.2 Å². The van der Waals surface area contributed by atoms with E-state index in [-0.39, 0.29) is 11.9 Å². The van der Waals surface area contributed by atoms with E-state index in [0.29, 0.717) is 12.3 Å². The van der Waals surface area contributed by atoms with Gasteiger partial charge in [-0.2, -0.15) is 0 Å². The van der Waals surface area contributed by atoms with E-state index in [1.165, 1.54) is 6.42 Å². The molecule has 1 aliphatic heterocycles. The molecule has 2 rings (SSSR count). The summed E-state index contributed by atoms with van der Waals surface area (Å²) in [6.45, 7) is 4.12. The first-order valence-electron chi connectivity index (χ1n) is 7.87. The normalized spacial score (nSPS) is 19.8. The maximum atomic E-state index is 12.3. The van der Waals surface area contributed by atoms with Crippen molar-refractivity contribution in [2.45, 2.75) is 38.6 Å². The molecule has 2 atom stereocenters. The summed E-state index contributed by atoms with van der Waals surface area (Å²) in [7, 11) is 1.67. The number of hydrogen-bond donors (Lipinski definition) is 2. The van der Waals surface area contributed by atoms with Gasteiger partial charge in [-0.1, -0.05) is 25.1 Å². The van der Waals surface area contributed by atoms with Gasteiger partial charge in [0.1, 0.15) is 5.75 Å². The van der Waals surface area contributed by atoms with Crippen LogP contribution in [-0.4, -0.2) is 26.1 Å². The van der Waals surface area contributed by atoms with E-state index in [1.54, 1.807) is 7.11 Å². The third-order valence-corrected chi connectivity index (χ3v) is 4.13. The fourth-order valence-corrected chi connectivity index (χ4v) is 2.97. The Hall–Kier alpha value is -1.55. The van der Waals surface area contributed by atoms with Crippen LogP contribution in [0.5, 0.6) is 5.75 Å². The van der Waals surface area contributed by atoms with Gasteiger partial charge in [-0.3, -0.25) is 4.79 Å². The van der Waals surface area contributed by atoms with Gasteiger partial charge in [0, 0.05) is 12.0 Å². The molecule has 4 nitrogen and oxygen atoms in total. The second-order valence-electron chi connectivity index (χ2n) is 5.69. The lowest BCUT2D eigenvalue weighted by Gasteiger charge is -2.24. The maximum absolute atomic E-state index is 12.3. The van der Waals surface area contributed by atoms with E-state index in [2.05, 4.69) is 17.6 Å². The smallest absolute Gasteiger partial charge is 0.220 e. The van der Waals surface area contributed by atoms with E-state index in [9.17, 15) is 4.79 Å². The number of carbonyl (C=O) groups excluding carboxylic acids is 1. The third-order valence-electron chi connectivity index (χ3n) is 4.13. The number of piperidine rings is 1. The molecule has 1 heterocycles. The second-order valence-corrected chi connectivity index (χ2v) is 5.69. The molecule has 0 spiro atoms. The number of carbonyl (C=O) groups is 1. The molecule has 116 valence electrons. The van der Waals surface area contributed by atoms with E-state index in [0.717, 1.165) is 37.2 Å². The largest absolute Gasteiger partial charge is 0.496 e. The fraction of sp³-hybridized carbons (Fsp3) is 0.588. The van der Waals surface area contributed by atoms with Crippen LogP contribution >= 0.6 is 0 Å². The predicted octanol–water partition coefficient (Wildman–Crippen LogP) is 2.65. The van der Waals surface area contributed by atoms with Crippen LogP contribution in [0.1, 0.15) is 44.2 Å². The van der Waals surface area contributed by atoms with E-state index < -0.39 is 0 Å². The lowest BCUT2D eigenvalue weighted by Crippen LogP contribution is -2.35. The van der Waals surface area contributed by atoms with Crippen LogP contribution in [0.15, 0.2) is 24.3 Å². The van der Waals surface area contributed by atoms with Crippen LogP contribution in [0.2, 0.25) is 0 Å². The van der Waals surface area contributed by atoms with Crippen molar-refractivity contribution in [3.8, 4) is 5.75 Å². The van der Waals surface area contributed by atoms with Crippen molar-refractivity contribution < 1.29 is 9.53 Å². The van der Waals surface area contributed by atoms with Gasteiger partial charge in [0.2, 0.25) is 5.91 Å². The zero-order valence-corrected chi connectivity index (χ0v) is 13.0. The Bertz CT molecular complexity index is 456. The molecule has 2 N–H and O–H groups in total. The molecule has 0 aromatic heterocycles. The Morgan fingerprint density at radius 1 is 1.48 bits per heavy atom. The number of methoxy groups -OCH3 is 1. The summed E-state index contributed by atoms with van der Waals surface area (Å²) in [4.78, 5) is 12.3. The van der Waals surface area contributed by atoms with E-state index >= 15 is 0 Å². The summed E-state index contributed by atoms with van der Waals surface area (Å²) >= 11 is 0. The van der Waals surface area contributed by atoms with Crippen LogP contribution in [0.4, 0.5) is 0 Å². The van der Waals surface area contributed by atoms with Gasteiger partial charge < -0.3 is 15.4 Å². The van der Waals surface area contributed by atoms with Gasteiger partial charge in [0.25, 0.3) is 0 Å². The van der Waals surface area contributed by atoms with Crippen LogP contribution in [0.3, 0.4) is 0 Å². The minimum absolute atomic E-state index is 0.0187. The Morgan fingerprint density at radius 2 is 2.29 bits per heavy atom. The lowest BCUT2D eigenvalue weighted by atomic mass is 9.95. The van der Waals surface area contributed by atoms with Crippen LogP contribution in [0, 0.1) is 5.92 Å². The highest BCUT2D eigenvalue weighted by molar-refractivity contribution is 5.76. The van der Waals surface area contributed by atoms with Crippen molar-refractivity contribution in [2.24, 2.45) is 5.92 Å². The minimum Gasteiger partial charge on any atom is -0.496 e. The predicted molar refractivity (Wildman–Crippen MR) is 84.4 cm³/mol. The monoisotopic (exact) mass is 290 g/mol. The average molecular weight is 290 g/mol. The number of amides is 1. The van der Waals surface area contributed by atoms with Crippen LogP contribution in [-0.2, 0) is 4.79 Å². The summed E-state index contributed by atoms with van der Waals surface area (Å²) in [5.41, 5.74) is 1.05. The number of para-hydroxylation sites is 1. The SMILES string of the molecule is CCC(NC(=O)CC1CCCNC1)c1ccccc1OC. The molecule has 1 amide bonds. The Kier molecular flexibility index (Phi) is 6.05. The van der Waals surface area contributed by atoms with Crippen molar-refractivity contribution in [1.29, 1.82) is 0 Å². The Labute approximate surface area is 127 Å². The number of hydrogen-bond acceptors (Lipinski definition) is 3. The molecule has 21 heavy (non-hydrogen) atoms. The average Bonchev–Trinajstić information content (AvgIpc) is 2.53. The van der Waals surface area contributed by atoms with E-state index in [4.69, 9.17) is 4.74 Å². The first-order valence-corrected chi connectivity index (χ1v) is 7.87. The maximum Gasteiger partial charge on any atom is 0.220 e. The van der Waals surface area contributed by atoms with Crippen LogP contribution < -0.4 is 15.4 Å². The van der Waals surface area contributed by atoms with Gasteiger partial charge in [-0.25, -0.2) is 0 Å². The molecule has 0 saturated carbocycles. The molecule has 0 bridgehead atoms. The topological polar surface area (TPSA) is 50.4 Å². The molecule has 4 heteroatoms. The number of rotatable bonds is 6. The lowest BCUT2D eigenvalue weighted by molar-refractivity contribution is -0.122.